The highest BCUT2D eigenvalue weighted by Gasteiger charge is 2.08. The third-order valence-corrected chi connectivity index (χ3v) is 4.27. The van der Waals surface area contributed by atoms with E-state index in [4.69, 9.17) is 4.74 Å². The Balaban J connectivity index is 1.55. The average Bonchev–Trinajstić information content (AvgIpc) is 2.72. The van der Waals surface area contributed by atoms with E-state index in [-0.39, 0.29) is 12.5 Å². The smallest absolute Gasteiger partial charge is 0.258 e. The summed E-state index contributed by atoms with van der Waals surface area (Å²) in [7, 11) is 4.00. The van der Waals surface area contributed by atoms with E-state index in [2.05, 4.69) is 5.32 Å². The minimum atomic E-state index is -0.144. The Bertz CT molecular complexity index is 874. The normalized spacial score (nSPS) is 10.3. The van der Waals surface area contributed by atoms with E-state index < -0.39 is 0 Å². The second kappa shape index (κ2) is 8.90. The van der Waals surface area contributed by atoms with Gasteiger partial charge in [0.05, 0.1) is 0 Å². The van der Waals surface area contributed by atoms with E-state index in [9.17, 15) is 4.79 Å². The topological polar surface area (TPSA) is 41.6 Å². The van der Waals surface area contributed by atoms with E-state index >= 15 is 0 Å². The quantitative estimate of drug-likeness (QED) is 0.689. The molecule has 27 heavy (non-hydrogen) atoms. The van der Waals surface area contributed by atoms with Gasteiger partial charge in [0.2, 0.25) is 0 Å². The van der Waals surface area contributed by atoms with Gasteiger partial charge in [-0.1, -0.05) is 60.7 Å². The second-order valence-corrected chi connectivity index (χ2v) is 6.49. The van der Waals surface area contributed by atoms with Crippen molar-refractivity contribution in [3.05, 3.63) is 84.4 Å². The van der Waals surface area contributed by atoms with Crippen LogP contribution < -0.4 is 15.0 Å². The molecule has 0 atom stereocenters. The Morgan fingerprint density at radius 3 is 2.26 bits per heavy atom. The molecule has 4 nitrogen and oxygen atoms in total. The largest absolute Gasteiger partial charge is 0.483 e. The van der Waals surface area contributed by atoms with Crippen LogP contribution in [0, 0.1) is 0 Å². The molecule has 1 N–H and O–H groups in total. The molecule has 0 spiro atoms. The van der Waals surface area contributed by atoms with Gasteiger partial charge in [-0.05, 0) is 29.3 Å². The number of rotatable bonds is 7. The first-order chi connectivity index (χ1) is 13.1. The first-order valence-electron chi connectivity index (χ1n) is 8.94. The zero-order valence-corrected chi connectivity index (χ0v) is 15.7. The number of amides is 1. The number of nitrogens with one attached hydrogen (secondary N) is 1. The number of carbonyl (C=O) groups excluding carboxylic acids is 1. The summed E-state index contributed by atoms with van der Waals surface area (Å²) in [6.07, 6.45) is 0. The van der Waals surface area contributed by atoms with Crippen LogP contribution in [0.4, 0.5) is 5.69 Å². The lowest BCUT2D eigenvalue weighted by Gasteiger charge is -2.13. The molecular weight excluding hydrogens is 336 g/mol. The lowest BCUT2D eigenvalue weighted by molar-refractivity contribution is -0.123. The molecule has 3 aromatic carbocycles. The van der Waals surface area contributed by atoms with Gasteiger partial charge in [-0.2, -0.15) is 0 Å². The molecule has 0 unspecified atom stereocenters. The third kappa shape index (κ3) is 5.11. The van der Waals surface area contributed by atoms with Gasteiger partial charge in [-0.3, -0.25) is 4.79 Å². The fourth-order valence-corrected chi connectivity index (χ4v) is 2.76. The van der Waals surface area contributed by atoms with Crippen LogP contribution in [0.3, 0.4) is 0 Å². The summed E-state index contributed by atoms with van der Waals surface area (Å²) < 4.78 is 5.77. The van der Waals surface area contributed by atoms with Crippen LogP contribution in [0.2, 0.25) is 0 Å². The lowest BCUT2D eigenvalue weighted by atomic mass is 10.1. The third-order valence-electron chi connectivity index (χ3n) is 4.27. The Hall–Kier alpha value is -3.27. The zero-order valence-electron chi connectivity index (χ0n) is 15.7. The van der Waals surface area contributed by atoms with Gasteiger partial charge in [-0.15, -0.1) is 0 Å². The summed E-state index contributed by atoms with van der Waals surface area (Å²) >= 11 is 0. The van der Waals surface area contributed by atoms with Crippen LogP contribution >= 0.6 is 0 Å². The average molecular weight is 360 g/mol. The Morgan fingerprint density at radius 1 is 0.889 bits per heavy atom. The highest BCUT2D eigenvalue weighted by molar-refractivity contribution is 5.78. The van der Waals surface area contributed by atoms with Crippen molar-refractivity contribution in [3.63, 3.8) is 0 Å². The summed E-state index contributed by atoms with van der Waals surface area (Å²) in [5, 5.41) is 2.90. The molecule has 0 fully saturated rings. The Kier molecular flexibility index (Phi) is 6.10. The van der Waals surface area contributed by atoms with E-state index in [0.29, 0.717) is 12.3 Å². The zero-order chi connectivity index (χ0) is 19.1. The van der Waals surface area contributed by atoms with Crippen molar-refractivity contribution in [2.75, 3.05) is 25.6 Å². The molecule has 0 heterocycles. The van der Waals surface area contributed by atoms with Gasteiger partial charge in [0.1, 0.15) is 5.75 Å². The van der Waals surface area contributed by atoms with Crippen LogP contribution in [0.15, 0.2) is 78.9 Å². The van der Waals surface area contributed by atoms with Crippen LogP contribution in [0.1, 0.15) is 5.56 Å². The highest BCUT2D eigenvalue weighted by atomic mass is 16.5. The van der Waals surface area contributed by atoms with E-state index in [1.165, 1.54) is 0 Å². The number of para-hydroxylation sites is 1. The minimum Gasteiger partial charge on any atom is -0.483 e. The number of benzene rings is 3. The molecular formula is C23H24N2O2. The molecule has 4 heteroatoms. The van der Waals surface area contributed by atoms with Crippen molar-refractivity contribution in [2.24, 2.45) is 0 Å². The molecule has 3 rings (SSSR count). The van der Waals surface area contributed by atoms with E-state index in [0.717, 1.165) is 22.4 Å². The summed E-state index contributed by atoms with van der Waals surface area (Å²) in [4.78, 5) is 14.2. The SMILES string of the molecule is CN(C)c1ccc(CNC(=O)COc2ccccc2-c2ccccc2)cc1. The van der Waals surface area contributed by atoms with Gasteiger partial charge in [0.15, 0.2) is 6.61 Å². The molecule has 0 bridgehead atoms. The Labute approximate surface area is 160 Å². The van der Waals surface area contributed by atoms with Crippen molar-refractivity contribution >= 4 is 11.6 Å². The van der Waals surface area contributed by atoms with Gasteiger partial charge >= 0.3 is 0 Å². The van der Waals surface area contributed by atoms with Crippen LogP contribution in [0.5, 0.6) is 5.75 Å². The predicted molar refractivity (Wildman–Crippen MR) is 110 cm³/mol. The minimum absolute atomic E-state index is 0.0143. The predicted octanol–water partition coefficient (Wildman–Crippen LogP) is 4.11. The van der Waals surface area contributed by atoms with Gasteiger partial charge in [0, 0.05) is 31.9 Å². The second-order valence-electron chi connectivity index (χ2n) is 6.49. The number of hydrogen-bond donors (Lipinski definition) is 1. The number of carbonyl (C=O) groups is 1. The van der Waals surface area contributed by atoms with Crippen LogP contribution in [-0.4, -0.2) is 26.6 Å². The van der Waals surface area contributed by atoms with Crippen LogP contribution in [-0.2, 0) is 11.3 Å². The number of nitrogens with zero attached hydrogens (tertiary/aromatic N) is 1. The molecule has 1 amide bonds. The van der Waals surface area contributed by atoms with Gasteiger partial charge in [0.25, 0.3) is 5.91 Å². The molecule has 0 saturated carbocycles. The summed E-state index contributed by atoms with van der Waals surface area (Å²) in [5.74, 6) is 0.559. The summed E-state index contributed by atoms with van der Waals surface area (Å²) in [6, 6.07) is 25.9. The molecule has 0 radical (unpaired) electrons. The van der Waals surface area contributed by atoms with Crippen molar-refractivity contribution in [3.8, 4) is 16.9 Å². The maximum Gasteiger partial charge on any atom is 0.258 e. The molecule has 0 saturated heterocycles. The molecule has 0 aromatic heterocycles. The fraction of sp³-hybridized carbons (Fsp3) is 0.174. The molecule has 0 aliphatic rings. The maximum absolute atomic E-state index is 12.2. The Morgan fingerprint density at radius 2 is 1.56 bits per heavy atom. The first-order valence-corrected chi connectivity index (χ1v) is 8.94. The molecule has 0 aliphatic carbocycles. The lowest BCUT2D eigenvalue weighted by Crippen LogP contribution is -2.28. The van der Waals surface area contributed by atoms with E-state index in [1.54, 1.807) is 0 Å². The fourth-order valence-electron chi connectivity index (χ4n) is 2.76. The molecule has 3 aromatic rings. The number of hydrogen-bond acceptors (Lipinski definition) is 3. The monoisotopic (exact) mass is 360 g/mol. The highest BCUT2D eigenvalue weighted by Crippen LogP contribution is 2.29. The van der Waals surface area contributed by atoms with Crippen molar-refractivity contribution < 1.29 is 9.53 Å². The summed E-state index contributed by atoms with van der Waals surface area (Å²) in [5.41, 5.74) is 4.23. The first kappa shape index (κ1) is 18.5. The van der Waals surface area contributed by atoms with Gasteiger partial charge in [-0.25, -0.2) is 0 Å². The van der Waals surface area contributed by atoms with E-state index in [1.807, 2.05) is 97.9 Å². The number of anilines is 1. The standard InChI is InChI=1S/C23H24N2O2/c1-25(2)20-14-12-18(13-15-20)16-24-23(26)17-27-22-11-7-6-10-21(22)19-8-4-3-5-9-19/h3-15H,16-17H2,1-2H3,(H,24,26). The van der Waals surface area contributed by atoms with Crippen LogP contribution in [0.25, 0.3) is 11.1 Å². The van der Waals surface area contributed by atoms with Crippen molar-refractivity contribution in [2.45, 2.75) is 6.54 Å². The van der Waals surface area contributed by atoms with Crippen molar-refractivity contribution in [1.82, 2.24) is 5.32 Å². The number of ether oxygens (including phenoxy) is 1. The molecule has 138 valence electrons. The maximum atomic E-state index is 12.2. The van der Waals surface area contributed by atoms with Crippen molar-refractivity contribution in [1.29, 1.82) is 0 Å². The molecule has 0 aliphatic heterocycles. The van der Waals surface area contributed by atoms with Gasteiger partial charge < -0.3 is 15.0 Å². The summed E-state index contributed by atoms with van der Waals surface area (Å²) in [6.45, 7) is 0.468.